The number of nitrogens with zero attached hydrogens (tertiary/aromatic N) is 6. The van der Waals surface area contributed by atoms with E-state index in [4.69, 9.17) is 4.98 Å². The van der Waals surface area contributed by atoms with E-state index >= 15 is 0 Å². The molecular formula is C28H31N9O. The number of aliphatic hydroxyl groups excluding tert-OH is 1. The Morgan fingerprint density at radius 3 is 2.66 bits per heavy atom. The van der Waals surface area contributed by atoms with Crippen molar-refractivity contribution in [3.05, 3.63) is 43.0 Å². The molecule has 2 fully saturated rings. The van der Waals surface area contributed by atoms with Gasteiger partial charge < -0.3 is 20.3 Å². The van der Waals surface area contributed by atoms with Crippen LogP contribution in [0.2, 0.25) is 0 Å². The van der Waals surface area contributed by atoms with E-state index in [9.17, 15) is 5.11 Å². The Hall–Kier alpha value is -4.05. The van der Waals surface area contributed by atoms with Gasteiger partial charge in [-0.3, -0.25) is 10.1 Å². The molecule has 1 aliphatic carbocycles. The highest BCUT2D eigenvalue weighted by molar-refractivity contribution is 5.95. The van der Waals surface area contributed by atoms with E-state index in [1.807, 2.05) is 18.5 Å². The van der Waals surface area contributed by atoms with Crippen molar-refractivity contribution in [1.82, 2.24) is 35.1 Å². The number of pyridine rings is 3. The molecule has 1 atom stereocenters. The molecule has 1 saturated heterocycles. The minimum absolute atomic E-state index is 0.291. The molecule has 7 rings (SSSR count). The van der Waals surface area contributed by atoms with E-state index in [1.165, 1.54) is 32.1 Å². The molecule has 10 heteroatoms. The zero-order chi connectivity index (χ0) is 25.5. The summed E-state index contributed by atoms with van der Waals surface area (Å²) in [6, 6.07) is 6.13. The first-order chi connectivity index (χ1) is 18.7. The van der Waals surface area contributed by atoms with Crippen LogP contribution in [0.3, 0.4) is 0 Å². The van der Waals surface area contributed by atoms with Crippen molar-refractivity contribution in [1.29, 1.82) is 0 Å². The van der Waals surface area contributed by atoms with Crippen molar-refractivity contribution in [2.24, 2.45) is 5.92 Å². The quantitative estimate of drug-likeness (QED) is 0.239. The fraction of sp³-hybridized carbons (Fsp3) is 0.393. The monoisotopic (exact) mass is 509 g/mol. The number of aromatic amines is 2. The summed E-state index contributed by atoms with van der Waals surface area (Å²) >= 11 is 0. The highest BCUT2D eigenvalue weighted by Crippen LogP contribution is 2.33. The number of hydrogen-bond donors (Lipinski definition) is 4. The van der Waals surface area contributed by atoms with Crippen LogP contribution in [0.5, 0.6) is 0 Å². The van der Waals surface area contributed by atoms with Gasteiger partial charge in [0.05, 0.1) is 23.0 Å². The third-order valence-corrected chi connectivity index (χ3v) is 7.95. The molecule has 5 aromatic heterocycles. The molecule has 0 amide bonds. The molecule has 0 aromatic carbocycles. The number of hydrogen-bond acceptors (Lipinski definition) is 8. The van der Waals surface area contributed by atoms with Gasteiger partial charge in [0.15, 0.2) is 17.1 Å². The number of piperidine rings is 1. The van der Waals surface area contributed by atoms with Gasteiger partial charge >= 0.3 is 0 Å². The van der Waals surface area contributed by atoms with E-state index < -0.39 is 6.23 Å². The molecule has 38 heavy (non-hydrogen) atoms. The summed E-state index contributed by atoms with van der Waals surface area (Å²) in [6.07, 6.45) is 14.8. The van der Waals surface area contributed by atoms with Crippen LogP contribution in [0, 0.1) is 5.92 Å². The van der Waals surface area contributed by atoms with Crippen LogP contribution in [-0.4, -0.2) is 59.5 Å². The van der Waals surface area contributed by atoms with Crippen molar-refractivity contribution in [2.75, 3.05) is 23.3 Å². The SMILES string of the molecule is OC(Nc1cncc(-c2cnc3n[nH]c(-c4nc5nccc(N6CCCCC6)c5[nH]4)c3c2)c1)C1CCCC1. The maximum atomic E-state index is 10.6. The van der Waals surface area contributed by atoms with Gasteiger partial charge in [0, 0.05) is 48.7 Å². The second kappa shape index (κ2) is 9.68. The molecule has 6 heterocycles. The molecule has 1 aliphatic heterocycles. The molecule has 1 saturated carbocycles. The van der Waals surface area contributed by atoms with Crippen LogP contribution < -0.4 is 10.2 Å². The molecule has 194 valence electrons. The molecule has 0 bridgehead atoms. The number of nitrogens with one attached hydrogen (secondary N) is 3. The largest absolute Gasteiger partial charge is 0.374 e. The van der Waals surface area contributed by atoms with Gasteiger partial charge in [0.2, 0.25) is 0 Å². The number of imidazole rings is 1. The van der Waals surface area contributed by atoms with Crippen LogP contribution in [-0.2, 0) is 0 Å². The van der Waals surface area contributed by atoms with E-state index in [1.54, 1.807) is 12.4 Å². The van der Waals surface area contributed by atoms with Crippen molar-refractivity contribution < 1.29 is 5.11 Å². The van der Waals surface area contributed by atoms with E-state index in [0.29, 0.717) is 23.0 Å². The average molecular weight is 510 g/mol. The average Bonchev–Trinajstić information content (AvgIpc) is 3.73. The molecule has 10 nitrogen and oxygen atoms in total. The first-order valence-electron chi connectivity index (χ1n) is 13.6. The summed E-state index contributed by atoms with van der Waals surface area (Å²) in [5.74, 6) is 0.977. The van der Waals surface area contributed by atoms with Gasteiger partial charge in [-0.1, -0.05) is 12.8 Å². The highest BCUT2D eigenvalue weighted by atomic mass is 16.3. The Morgan fingerprint density at radius 2 is 1.79 bits per heavy atom. The minimum Gasteiger partial charge on any atom is -0.374 e. The lowest BCUT2D eigenvalue weighted by Gasteiger charge is -2.28. The summed E-state index contributed by atoms with van der Waals surface area (Å²) in [7, 11) is 0. The third-order valence-electron chi connectivity index (χ3n) is 7.95. The maximum absolute atomic E-state index is 10.6. The smallest absolute Gasteiger partial charge is 0.181 e. The minimum atomic E-state index is -0.563. The lowest BCUT2D eigenvalue weighted by molar-refractivity contribution is 0.137. The van der Waals surface area contributed by atoms with Gasteiger partial charge in [-0.25, -0.2) is 15.0 Å². The van der Waals surface area contributed by atoms with Crippen molar-refractivity contribution >= 4 is 33.6 Å². The van der Waals surface area contributed by atoms with Gasteiger partial charge in [-0.2, -0.15) is 5.10 Å². The van der Waals surface area contributed by atoms with Gasteiger partial charge in [-0.05, 0) is 50.3 Å². The lowest BCUT2D eigenvalue weighted by atomic mass is 10.1. The zero-order valence-corrected chi connectivity index (χ0v) is 21.2. The second-order valence-electron chi connectivity index (χ2n) is 10.5. The third kappa shape index (κ3) is 4.24. The standard InChI is InChI=1S/C28H31N9O/c38-28(17-6-2-3-7-17)32-20-12-18(14-29-16-20)19-13-21-23(35-36-25(21)31-15-19)27-33-24-22(8-9-30-26(24)34-27)37-10-4-1-5-11-37/h8-9,12-17,28,32,38H,1-7,10-11H2,(H,30,33,34)(H,31,35,36). The molecule has 5 aromatic rings. The Balaban J connectivity index is 1.22. The molecule has 0 spiro atoms. The molecule has 1 unspecified atom stereocenters. The summed E-state index contributed by atoms with van der Waals surface area (Å²) < 4.78 is 0. The van der Waals surface area contributed by atoms with Crippen LogP contribution in [0.25, 0.3) is 44.8 Å². The number of aliphatic hydroxyl groups is 1. The summed E-state index contributed by atoms with van der Waals surface area (Å²) in [6.45, 7) is 2.10. The van der Waals surface area contributed by atoms with Crippen molar-refractivity contribution in [3.63, 3.8) is 0 Å². The summed E-state index contributed by atoms with van der Waals surface area (Å²) in [5.41, 5.74) is 6.79. The maximum Gasteiger partial charge on any atom is 0.181 e. The summed E-state index contributed by atoms with van der Waals surface area (Å²) in [5, 5.41) is 22.3. The van der Waals surface area contributed by atoms with E-state index in [-0.39, 0.29) is 0 Å². The topological polar surface area (TPSA) is 132 Å². The first-order valence-corrected chi connectivity index (χ1v) is 13.6. The molecule has 4 N–H and O–H groups in total. The van der Waals surface area contributed by atoms with Crippen molar-refractivity contribution in [3.8, 4) is 22.6 Å². The number of aromatic nitrogens is 7. The van der Waals surface area contributed by atoms with Crippen LogP contribution in [0.15, 0.2) is 43.0 Å². The van der Waals surface area contributed by atoms with E-state index in [2.05, 4.69) is 52.5 Å². The second-order valence-corrected chi connectivity index (χ2v) is 10.5. The zero-order valence-electron chi connectivity index (χ0n) is 21.2. The van der Waals surface area contributed by atoms with Gasteiger partial charge in [0.25, 0.3) is 0 Å². The predicted octanol–water partition coefficient (Wildman–Crippen LogP) is 4.87. The Kier molecular flexibility index (Phi) is 5.88. The number of anilines is 2. The fourth-order valence-corrected chi connectivity index (χ4v) is 5.89. The fourth-order valence-electron chi connectivity index (χ4n) is 5.89. The normalized spacial score (nSPS) is 17.4. The highest BCUT2D eigenvalue weighted by Gasteiger charge is 2.23. The Morgan fingerprint density at radius 1 is 0.947 bits per heavy atom. The van der Waals surface area contributed by atoms with Crippen LogP contribution in [0.4, 0.5) is 11.4 Å². The Labute approximate surface area is 220 Å². The first kappa shape index (κ1) is 23.1. The molecule has 2 aliphatic rings. The molecule has 0 radical (unpaired) electrons. The summed E-state index contributed by atoms with van der Waals surface area (Å²) in [4.78, 5) is 24.3. The van der Waals surface area contributed by atoms with Crippen LogP contribution >= 0.6 is 0 Å². The Bertz CT molecular complexity index is 1580. The van der Waals surface area contributed by atoms with Gasteiger partial charge in [-0.15, -0.1) is 0 Å². The van der Waals surface area contributed by atoms with Gasteiger partial charge in [0.1, 0.15) is 17.4 Å². The number of rotatable bonds is 6. The predicted molar refractivity (Wildman–Crippen MR) is 148 cm³/mol. The van der Waals surface area contributed by atoms with E-state index in [0.717, 1.165) is 65.0 Å². The van der Waals surface area contributed by atoms with Crippen molar-refractivity contribution in [2.45, 2.75) is 51.2 Å². The lowest BCUT2D eigenvalue weighted by Crippen LogP contribution is -2.29. The van der Waals surface area contributed by atoms with Crippen LogP contribution in [0.1, 0.15) is 44.9 Å². The number of H-pyrrole nitrogens is 2. The molecular weight excluding hydrogens is 478 g/mol. The number of fused-ring (bicyclic) bond motifs is 2.